The molecular formula is C70H128O6. The SMILES string of the molecule is CCCCCCC/C=C\C/C=C\CCCCCCCCCCCC(=O)OCC(COC(=O)CCCCCCC/C=C\CCCCCCCCC)OC(=O)CCCCCCCCCCC/C=C\CCCCCCCCCC. The molecule has 0 saturated heterocycles. The van der Waals surface area contributed by atoms with E-state index in [0.29, 0.717) is 19.3 Å². The van der Waals surface area contributed by atoms with Crippen molar-refractivity contribution in [3.8, 4) is 0 Å². The number of esters is 3. The van der Waals surface area contributed by atoms with Gasteiger partial charge in [0.05, 0.1) is 0 Å². The Balaban J connectivity index is 4.35. The van der Waals surface area contributed by atoms with Crippen LogP contribution in [-0.2, 0) is 28.6 Å². The van der Waals surface area contributed by atoms with Gasteiger partial charge in [-0.2, -0.15) is 0 Å². The third-order valence-corrected chi connectivity index (χ3v) is 15.0. The molecule has 0 bridgehead atoms. The first kappa shape index (κ1) is 73.4. The fraction of sp³-hybridized carbons (Fsp3) is 0.843. The number of allylic oxidation sites excluding steroid dienone is 8. The van der Waals surface area contributed by atoms with E-state index in [1.807, 2.05) is 0 Å². The molecule has 0 aromatic heterocycles. The summed E-state index contributed by atoms with van der Waals surface area (Å²) in [5, 5.41) is 0. The van der Waals surface area contributed by atoms with Gasteiger partial charge in [-0.3, -0.25) is 14.4 Å². The molecule has 0 heterocycles. The zero-order valence-corrected chi connectivity index (χ0v) is 51.0. The summed E-state index contributed by atoms with van der Waals surface area (Å²) in [7, 11) is 0. The minimum atomic E-state index is -0.780. The maximum Gasteiger partial charge on any atom is 0.306 e. The maximum atomic E-state index is 12.9. The largest absolute Gasteiger partial charge is 0.462 e. The Hall–Kier alpha value is -2.63. The van der Waals surface area contributed by atoms with Crippen LogP contribution in [0, 0.1) is 0 Å². The molecule has 0 aliphatic carbocycles. The van der Waals surface area contributed by atoms with E-state index in [9.17, 15) is 14.4 Å². The molecule has 0 amide bonds. The van der Waals surface area contributed by atoms with Crippen molar-refractivity contribution in [2.45, 2.75) is 367 Å². The topological polar surface area (TPSA) is 78.9 Å². The molecule has 76 heavy (non-hydrogen) atoms. The average Bonchev–Trinajstić information content (AvgIpc) is 3.42. The molecule has 0 aromatic carbocycles. The number of rotatable bonds is 62. The summed E-state index contributed by atoms with van der Waals surface area (Å²) < 4.78 is 17.0. The molecule has 0 aromatic rings. The number of ether oxygens (including phenoxy) is 3. The van der Waals surface area contributed by atoms with Crippen LogP contribution in [0.4, 0.5) is 0 Å². The summed E-state index contributed by atoms with van der Waals surface area (Å²) in [5.41, 5.74) is 0. The highest BCUT2D eigenvalue weighted by atomic mass is 16.6. The normalized spacial score (nSPS) is 12.3. The molecule has 1 atom stereocenters. The van der Waals surface area contributed by atoms with E-state index in [1.54, 1.807) is 0 Å². The van der Waals surface area contributed by atoms with E-state index in [2.05, 4.69) is 69.4 Å². The Morgan fingerprint density at radius 2 is 0.474 bits per heavy atom. The average molecular weight is 1070 g/mol. The zero-order valence-electron chi connectivity index (χ0n) is 51.0. The van der Waals surface area contributed by atoms with Crippen molar-refractivity contribution >= 4 is 17.9 Å². The monoisotopic (exact) mass is 1060 g/mol. The van der Waals surface area contributed by atoms with Crippen LogP contribution < -0.4 is 0 Å². The van der Waals surface area contributed by atoms with Gasteiger partial charge in [-0.15, -0.1) is 0 Å². The highest BCUT2D eigenvalue weighted by Crippen LogP contribution is 2.17. The molecule has 6 heteroatoms. The summed E-state index contributed by atoms with van der Waals surface area (Å²) >= 11 is 0. The number of hydrogen-bond donors (Lipinski definition) is 0. The lowest BCUT2D eigenvalue weighted by molar-refractivity contribution is -0.167. The van der Waals surface area contributed by atoms with Gasteiger partial charge in [0.1, 0.15) is 13.2 Å². The van der Waals surface area contributed by atoms with Gasteiger partial charge in [0.25, 0.3) is 0 Å². The van der Waals surface area contributed by atoms with Crippen molar-refractivity contribution < 1.29 is 28.6 Å². The van der Waals surface area contributed by atoms with E-state index in [0.717, 1.165) is 70.6 Å². The molecule has 1 unspecified atom stereocenters. The summed E-state index contributed by atoms with van der Waals surface area (Å²) in [4.78, 5) is 38.4. The van der Waals surface area contributed by atoms with Gasteiger partial charge in [-0.1, -0.05) is 288 Å². The first-order chi connectivity index (χ1) is 37.5. The van der Waals surface area contributed by atoms with Crippen LogP contribution in [0.1, 0.15) is 361 Å². The maximum absolute atomic E-state index is 12.9. The number of hydrogen-bond acceptors (Lipinski definition) is 6. The van der Waals surface area contributed by atoms with Crippen molar-refractivity contribution in [2.75, 3.05) is 13.2 Å². The van der Waals surface area contributed by atoms with Crippen molar-refractivity contribution in [3.63, 3.8) is 0 Å². The van der Waals surface area contributed by atoms with E-state index in [4.69, 9.17) is 14.2 Å². The molecule has 0 rings (SSSR count). The lowest BCUT2D eigenvalue weighted by Gasteiger charge is -2.18. The highest BCUT2D eigenvalue weighted by molar-refractivity contribution is 5.71. The summed E-state index contributed by atoms with van der Waals surface area (Å²) in [6.07, 6.45) is 81.2. The first-order valence-electron chi connectivity index (χ1n) is 33.6. The van der Waals surface area contributed by atoms with E-state index in [-0.39, 0.29) is 31.1 Å². The third-order valence-electron chi connectivity index (χ3n) is 15.0. The quantitative estimate of drug-likeness (QED) is 0.0261. The zero-order chi connectivity index (χ0) is 55.0. The molecular weight excluding hydrogens is 937 g/mol. The first-order valence-corrected chi connectivity index (χ1v) is 33.6. The van der Waals surface area contributed by atoms with E-state index in [1.165, 1.54) is 250 Å². The van der Waals surface area contributed by atoms with Gasteiger partial charge in [-0.25, -0.2) is 0 Å². The van der Waals surface area contributed by atoms with Gasteiger partial charge in [0.15, 0.2) is 6.10 Å². The Labute approximate surface area is 473 Å². The van der Waals surface area contributed by atoms with Gasteiger partial charge < -0.3 is 14.2 Å². The van der Waals surface area contributed by atoms with Crippen LogP contribution in [0.25, 0.3) is 0 Å². The van der Waals surface area contributed by atoms with Crippen LogP contribution in [0.3, 0.4) is 0 Å². The second kappa shape index (κ2) is 64.9. The molecule has 0 saturated carbocycles. The minimum Gasteiger partial charge on any atom is -0.462 e. The van der Waals surface area contributed by atoms with Crippen molar-refractivity contribution in [1.29, 1.82) is 0 Å². The predicted molar refractivity (Wildman–Crippen MR) is 330 cm³/mol. The molecule has 0 aliphatic heterocycles. The number of carbonyl (C=O) groups is 3. The second-order valence-electron chi connectivity index (χ2n) is 22.7. The van der Waals surface area contributed by atoms with E-state index < -0.39 is 6.10 Å². The summed E-state index contributed by atoms with van der Waals surface area (Å²) in [6, 6.07) is 0. The van der Waals surface area contributed by atoms with Gasteiger partial charge in [0, 0.05) is 19.3 Å². The molecule has 0 fully saturated rings. The van der Waals surface area contributed by atoms with Crippen molar-refractivity contribution in [2.24, 2.45) is 0 Å². The van der Waals surface area contributed by atoms with Crippen LogP contribution in [0.2, 0.25) is 0 Å². The van der Waals surface area contributed by atoms with Crippen LogP contribution in [0.5, 0.6) is 0 Å². The molecule has 0 radical (unpaired) electrons. The summed E-state index contributed by atoms with van der Waals surface area (Å²) in [6.45, 7) is 6.67. The predicted octanol–water partition coefficient (Wildman–Crippen LogP) is 22.9. The van der Waals surface area contributed by atoms with Crippen LogP contribution in [0.15, 0.2) is 48.6 Å². The minimum absolute atomic E-state index is 0.0764. The van der Waals surface area contributed by atoms with Crippen LogP contribution >= 0.6 is 0 Å². The van der Waals surface area contributed by atoms with Gasteiger partial charge in [0.2, 0.25) is 0 Å². The smallest absolute Gasteiger partial charge is 0.306 e. The third kappa shape index (κ3) is 62.2. The van der Waals surface area contributed by atoms with Crippen molar-refractivity contribution in [1.82, 2.24) is 0 Å². The second-order valence-corrected chi connectivity index (χ2v) is 22.7. The summed E-state index contributed by atoms with van der Waals surface area (Å²) in [5.74, 6) is -0.869. The lowest BCUT2D eigenvalue weighted by Crippen LogP contribution is -2.30. The van der Waals surface area contributed by atoms with Crippen LogP contribution in [-0.4, -0.2) is 37.2 Å². The van der Waals surface area contributed by atoms with Gasteiger partial charge in [-0.05, 0) is 103 Å². The molecule has 6 nitrogen and oxygen atoms in total. The Morgan fingerprint density at radius 1 is 0.263 bits per heavy atom. The molecule has 0 spiro atoms. The molecule has 444 valence electrons. The molecule has 0 aliphatic rings. The van der Waals surface area contributed by atoms with E-state index >= 15 is 0 Å². The standard InChI is InChI=1S/C70H128O6/c1-4-7-10-13-16-19-22-25-28-31-33-35-37-39-42-45-48-51-54-57-60-63-69(72)75-66-67(65-74-68(71)62-59-56-53-50-47-44-41-30-27-24-21-18-15-12-9-6-3)76-70(73)64-61-58-55-52-49-46-43-40-38-36-34-32-29-26-23-20-17-14-11-8-5-2/h22,25,30-34,41,67H,4-21,23-24,26-29,35-40,42-66H2,1-3H3/b25-22-,33-31-,34-32-,41-30-. The Bertz CT molecular complexity index is 1310. The fourth-order valence-electron chi connectivity index (χ4n) is 9.94. The van der Waals surface area contributed by atoms with Crippen molar-refractivity contribution in [3.05, 3.63) is 48.6 Å². The molecule has 0 N–H and O–H groups in total. The number of unbranched alkanes of at least 4 members (excludes halogenated alkanes) is 43. The number of carbonyl (C=O) groups excluding carboxylic acids is 3. The fourth-order valence-corrected chi connectivity index (χ4v) is 9.94. The van der Waals surface area contributed by atoms with Gasteiger partial charge >= 0.3 is 17.9 Å². The lowest BCUT2D eigenvalue weighted by atomic mass is 10.1. The Kier molecular flexibility index (Phi) is 62.6. The highest BCUT2D eigenvalue weighted by Gasteiger charge is 2.19. The Morgan fingerprint density at radius 3 is 0.737 bits per heavy atom.